The van der Waals surface area contributed by atoms with Gasteiger partial charge in [0, 0.05) is 31.1 Å². The zero-order valence-electron chi connectivity index (χ0n) is 17.2. The molecule has 160 valence electrons. The van der Waals surface area contributed by atoms with Gasteiger partial charge >= 0.3 is 6.18 Å². The van der Waals surface area contributed by atoms with E-state index < -0.39 is 11.7 Å². The highest BCUT2D eigenvalue weighted by Crippen LogP contribution is 2.37. The van der Waals surface area contributed by atoms with Crippen molar-refractivity contribution in [1.82, 2.24) is 9.80 Å². The molecule has 0 saturated carbocycles. The molecule has 0 bridgehead atoms. The van der Waals surface area contributed by atoms with Crippen molar-refractivity contribution in [2.75, 3.05) is 32.7 Å². The Balaban J connectivity index is 1.60. The molecule has 2 fully saturated rings. The van der Waals surface area contributed by atoms with Gasteiger partial charge < -0.3 is 9.80 Å². The van der Waals surface area contributed by atoms with Gasteiger partial charge in [-0.3, -0.25) is 4.79 Å². The maximum Gasteiger partial charge on any atom is 0.416 e. The molecule has 2 saturated heterocycles. The van der Waals surface area contributed by atoms with E-state index in [1.54, 1.807) is 6.07 Å². The van der Waals surface area contributed by atoms with Gasteiger partial charge in [0.25, 0.3) is 5.91 Å². The van der Waals surface area contributed by atoms with E-state index in [4.69, 9.17) is 0 Å². The molecule has 0 aromatic heterocycles. The molecule has 2 aromatic carbocycles. The fourth-order valence-electron chi connectivity index (χ4n) is 4.80. The Morgan fingerprint density at radius 3 is 2.47 bits per heavy atom. The Labute approximate surface area is 175 Å². The van der Waals surface area contributed by atoms with Crippen LogP contribution in [0.3, 0.4) is 0 Å². The summed E-state index contributed by atoms with van der Waals surface area (Å²) in [7, 11) is 0. The summed E-state index contributed by atoms with van der Waals surface area (Å²) in [6.45, 7) is 5.84. The van der Waals surface area contributed by atoms with Crippen LogP contribution in [0.1, 0.15) is 45.8 Å². The number of carbonyl (C=O) groups is 1. The van der Waals surface area contributed by atoms with Gasteiger partial charge in [-0.1, -0.05) is 35.9 Å². The van der Waals surface area contributed by atoms with Crippen molar-refractivity contribution < 1.29 is 18.0 Å². The van der Waals surface area contributed by atoms with Gasteiger partial charge in [-0.05, 0) is 62.5 Å². The van der Waals surface area contributed by atoms with Gasteiger partial charge in [0.2, 0.25) is 0 Å². The lowest BCUT2D eigenvalue weighted by molar-refractivity contribution is -0.137. The first-order valence-electron chi connectivity index (χ1n) is 10.6. The normalized spacial score (nSPS) is 22.6. The highest BCUT2D eigenvalue weighted by molar-refractivity contribution is 5.94. The van der Waals surface area contributed by atoms with E-state index in [2.05, 4.69) is 4.90 Å². The van der Waals surface area contributed by atoms with Crippen molar-refractivity contribution in [1.29, 1.82) is 0 Å². The van der Waals surface area contributed by atoms with Crippen molar-refractivity contribution >= 4 is 5.91 Å². The number of halogens is 3. The third-order valence-corrected chi connectivity index (χ3v) is 6.33. The van der Waals surface area contributed by atoms with Crippen LogP contribution in [0, 0.1) is 12.8 Å². The summed E-state index contributed by atoms with van der Waals surface area (Å²) in [5.74, 6) is -0.0124. The average molecular weight is 416 g/mol. The molecular weight excluding hydrogens is 389 g/mol. The predicted molar refractivity (Wildman–Crippen MR) is 110 cm³/mol. The number of carbonyl (C=O) groups excluding carboxylic acids is 1. The molecule has 0 unspecified atom stereocenters. The van der Waals surface area contributed by atoms with Crippen LogP contribution in [-0.4, -0.2) is 48.4 Å². The van der Waals surface area contributed by atoms with Crippen LogP contribution in [0.2, 0.25) is 0 Å². The van der Waals surface area contributed by atoms with E-state index in [0.29, 0.717) is 24.2 Å². The molecule has 2 aliphatic heterocycles. The van der Waals surface area contributed by atoms with Crippen LogP contribution in [0.5, 0.6) is 0 Å². The number of hydrogen-bond acceptors (Lipinski definition) is 2. The van der Waals surface area contributed by atoms with Crippen molar-refractivity contribution in [3.8, 4) is 0 Å². The van der Waals surface area contributed by atoms with Crippen LogP contribution in [-0.2, 0) is 6.18 Å². The zero-order chi connectivity index (χ0) is 21.3. The Morgan fingerprint density at radius 2 is 1.77 bits per heavy atom. The minimum absolute atomic E-state index is 0.0420. The van der Waals surface area contributed by atoms with Gasteiger partial charge in [-0.25, -0.2) is 0 Å². The van der Waals surface area contributed by atoms with Crippen molar-refractivity contribution in [3.05, 3.63) is 70.8 Å². The number of likely N-dealkylation sites (tertiary alicyclic amines) is 2. The molecule has 1 amide bonds. The van der Waals surface area contributed by atoms with Crippen molar-refractivity contribution in [2.24, 2.45) is 5.92 Å². The van der Waals surface area contributed by atoms with E-state index >= 15 is 0 Å². The predicted octanol–water partition coefficient (Wildman–Crippen LogP) is 4.97. The summed E-state index contributed by atoms with van der Waals surface area (Å²) in [6.07, 6.45) is -2.05. The lowest BCUT2D eigenvalue weighted by Crippen LogP contribution is -2.32. The van der Waals surface area contributed by atoms with E-state index in [-0.39, 0.29) is 17.7 Å². The van der Waals surface area contributed by atoms with Crippen LogP contribution in [0.4, 0.5) is 13.2 Å². The monoisotopic (exact) mass is 416 g/mol. The maximum atomic E-state index is 13.3. The lowest BCUT2D eigenvalue weighted by atomic mass is 9.87. The fourth-order valence-corrected chi connectivity index (χ4v) is 4.80. The molecule has 2 aromatic rings. The van der Waals surface area contributed by atoms with Gasteiger partial charge in [-0.2, -0.15) is 13.2 Å². The first-order chi connectivity index (χ1) is 14.3. The van der Waals surface area contributed by atoms with Gasteiger partial charge in [0.05, 0.1) is 5.56 Å². The zero-order valence-corrected chi connectivity index (χ0v) is 17.2. The summed E-state index contributed by atoms with van der Waals surface area (Å²) in [5, 5.41) is 0. The Morgan fingerprint density at radius 1 is 1.03 bits per heavy atom. The molecule has 2 heterocycles. The standard InChI is InChI=1S/C24H27F3N2O/c1-17-6-4-8-19(12-17)23(30)29-15-20(14-28-10-2-3-11-28)22(16-29)18-7-5-9-21(13-18)24(25,26)27/h4-9,12-13,20,22H,2-3,10-11,14-16H2,1H3/t20-,22+/m0/s1. The number of hydrogen-bond donors (Lipinski definition) is 0. The largest absolute Gasteiger partial charge is 0.416 e. The van der Waals surface area contributed by atoms with Crippen LogP contribution in [0.25, 0.3) is 0 Å². The number of amides is 1. The minimum Gasteiger partial charge on any atom is -0.338 e. The van der Waals surface area contributed by atoms with E-state index in [1.807, 2.05) is 36.1 Å². The Bertz CT molecular complexity index is 905. The molecule has 2 aliphatic rings. The average Bonchev–Trinajstić information content (AvgIpc) is 3.37. The van der Waals surface area contributed by atoms with E-state index in [9.17, 15) is 18.0 Å². The molecule has 0 radical (unpaired) electrons. The van der Waals surface area contributed by atoms with Gasteiger partial charge in [-0.15, -0.1) is 0 Å². The lowest BCUT2D eigenvalue weighted by Gasteiger charge is -2.24. The van der Waals surface area contributed by atoms with Crippen molar-refractivity contribution in [2.45, 2.75) is 31.9 Å². The Hall–Kier alpha value is -2.34. The third kappa shape index (κ3) is 4.53. The Kier molecular flexibility index (Phi) is 5.87. The number of aryl methyl sites for hydroxylation is 1. The molecular formula is C24H27F3N2O. The van der Waals surface area contributed by atoms with Crippen molar-refractivity contribution in [3.63, 3.8) is 0 Å². The van der Waals surface area contributed by atoms with Crippen LogP contribution in [0.15, 0.2) is 48.5 Å². The molecule has 6 heteroatoms. The second kappa shape index (κ2) is 8.42. The van der Waals surface area contributed by atoms with Gasteiger partial charge in [0.1, 0.15) is 0 Å². The summed E-state index contributed by atoms with van der Waals surface area (Å²) >= 11 is 0. The second-order valence-corrected chi connectivity index (χ2v) is 8.58. The molecule has 2 atom stereocenters. The summed E-state index contributed by atoms with van der Waals surface area (Å²) in [4.78, 5) is 17.3. The number of alkyl halides is 3. The summed E-state index contributed by atoms with van der Waals surface area (Å²) in [6, 6.07) is 13.1. The molecule has 3 nitrogen and oxygen atoms in total. The molecule has 4 rings (SSSR count). The van der Waals surface area contributed by atoms with E-state index in [0.717, 1.165) is 44.1 Å². The smallest absolute Gasteiger partial charge is 0.338 e. The molecule has 30 heavy (non-hydrogen) atoms. The highest BCUT2D eigenvalue weighted by Gasteiger charge is 2.39. The number of benzene rings is 2. The van der Waals surface area contributed by atoms with Crippen LogP contribution >= 0.6 is 0 Å². The molecule has 0 N–H and O–H groups in total. The molecule has 0 aliphatic carbocycles. The molecule has 0 spiro atoms. The SMILES string of the molecule is Cc1cccc(C(=O)N2C[C@H](CN3CCCC3)[C@@H](c3cccc(C(F)(F)F)c3)C2)c1. The third-order valence-electron chi connectivity index (χ3n) is 6.33. The minimum atomic E-state index is -4.36. The first kappa shape index (κ1) is 20.9. The number of nitrogens with zero attached hydrogens (tertiary/aromatic N) is 2. The fraction of sp³-hybridized carbons (Fsp3) is 0.458. The van der Waals surface area contributed by atoms with Crippen LogP contribution < -0.4 is 0 Å². The van der Waals surface area contributed by atoms with E-state index in [1.165, 1.54) is 12.1 Å². The topological polar surface area (TPSA) is 23.6 Å². The maximum absolute atomic E-state index is 13.3. The number of rotatable bonds is 4. The highest BCUT2D eigenvalue weighted by atomic mass is 19.4. The first-order valence-corrected chi connectivity index (χ1v) is 10.6. The quantitative estimate of drug-likeness (QED) is 0.703. The summed E-state index contributed by atoms with van der Waals surface area (Å²) < 4.78 is 39.8. The van der Waals surface area contributed by atoms with Gasteiger partial charge in [0.15, 0.2) is 0 Å². The summed E-state index contributed by atoms with van der Waals surface area (Å²) in [5.41, 5.74) is 1.71. The second-order valence-electron chi connectivity index (χ2n) is 8.58.